The van der Waals surface area contributed by atoms with Crippen molar-refractivity contribution in [1.29, 1.82) is 0 Å². The third kappa shape index (κ3) is 5.08. The van der Waals surface area contributed by atoms with Gasteiger partial charge in [-0.1, -0.05) is 6.07 Å². The van der Waals surface area contributed by atoms with Crippen LogP contribution in [0.2, 0.25) is 0 Å². The highest BCUT2D eigenvalue weighted by molar-refractivity contribution is 9.10. The van der Waals surface area contributed by atoms with E-state index in [9.17, 15) is 9.90 Å². The maximum absolute atomic E-state index is 11.7. The molecule has 5 nitrogen and oxygen atoms in total. The van der Waals surface area contributed by atoms with Gasteiger partial charge in [0.1, 0.15) is 5.75 Å². The van der Waals surface area contributed by atoms with Gasteiger partial charge in [-0.3, -0.25) is 0 Å². The minimum Gasteiger partial charge on any atom is -0.496 e. The number of methoxy groups -OCH3 is 1. The van der Waals surface area contributed by atoms with E-state index in [-0.39, 0.29) is 6.03 Å². The van der Waals surface area contributed by atoms with Gasteiger partial charge in [0.15, 0.2) is 0 Å². The molecular weight excluding hydrogens is 312 g/mol. The molecule has 2 amide bonds. The highest BCUT2D eigenvalue weighted by atomic mass is 79.9. The molecule has 6 heteroatoms. The van der Waals surface area contributed by atoms with Crippen LogP contribution in [0.4, 0.5) is 4.79 Å². The number of aliphatic hydroxyl groups is 1. The number of amides is 2. The normalized spacial score (nSPS) is 11.8. The van der Waals surface area contributed by atoms with Crippen molar-refractivity contribution in [3.63, 3.8) is 0 Å². The van der Waals surface area contributed by atoms with Gasteiger partial charge in [0, 0.05) is 20.1 Å². The van der Waals surface area contributed by atoms with Crippen LogP contribution < -0.4 is 10.1 Å². The van der Waals surface area contributed by atoms with E-state index in [1.165, 1.54) is 4.90 Å². The number of nitrogens with zero attached hydrogens (tertiary/aromatic N) is 1. The van der Waals surface area contributed by atoms with Crippen molar-refractivity contribution in [3.05, 3.63) is 28.2 Å². The van der Waals surface area contributed by atoms with Crippen molar-refractivity contribution in [2.45, 2.75) is 19.6 Å². The van der Waals surface area contributed by atoms with Crippen molar-refractivity contribution < 1.29 is 14.6 Å². The number of benzene rings is 1. The molecule has 0 saturated heterocycles. The summed E-state index contributed by atoms with van der Waals surface area (Å²) in [6, 6.07) is 5.41. The Bertz CT molecular complexity index is 438. The largest absolute Gasteiger partial charge is 0.496 e. The van der Waals surface area contributed by atoms with E-state index in [0.717, 1.165) is 15.8 Å². The molecule has 1 unspecified atom stereocenters. The number of likely N-dealkylation sites (N-methyl/N-ethyl adjacent to an activating group) is 1. The maximum atomic E-state index is 11.7. The number of urea groups is 1. The van der Waals surface area contributed by atoms with Crippen LogP contribution in [0, 0.1) is 0 Å². The zero-order valence-electron chi connectivity index (χ0n) is 11.3. The SMILES string of the molecule is COc1ccc(CNC(=O)N(C)CC(C)O)cc1Br. The molecule has 0 aromatic heterocycles. The highest BCUT2D eigenvalue weighted by Gasteiger charge is 2.10. The third-order valence-corrected chi connectivity index (χ3v) is 3.16. The quantitative estimate of drug-likeness (QED) is 0.867. The van der Waals surface area contributed by atoms with Crippen molar-refractivity contribution in [2.24, 2.45) is 0 Å². The molecule has 1 aromatic carbocycles. The molecule has 0 saturated carbocycles. The van der Waals surface area contributed by atoms with Crippen LogP contribution in [0.1, 0.15) is 12.5 Å². The lowest BCUT2D eigenvalue weighted by Gasteiger charge is -2.19. The van der Waals surface area contributed by atoms with Crippen LogP contribution in [0.5, 0.6) is 5.75 Å². The first kappa shape index (κ1) is 15.8. The zero-order valence-corrected chi connectivity index (χ0v) is 12.9. The van der Waals surface area contributed by atoms with Gasteiger partial charge in [0.25, 0.3) is 0 Å². The van der Waals surface area contributed by atoms with Gasteiger partial charge in [-0.05, 0) is 40.5 Å². The number of carbonyl (C=O) groups excluding carboxylic acids is 1. The van der Waals surface area contributed by atoms with Gasteiger partial charge in [-0.25, -0.2) is 4.79 Å². The number of hydrogen-bond donors (Lipinski definition) is 2. The first-order valence-electron chi connectivity index (χ1n) is 5.93. The molecule has 0 aliphatic rings. The Labute approximate surface area is 121 Å². The highest BCUT2D eigenvalue weighted by Crippen LogP contribution is 2.25. The minimum absolute atomic E-state index is 0.215. The van der Waals surface area contributed by atoms with Crippen LogP contribution in [0.15, 0.2) is 22.7 Å². The lowest BCUT2D eigenvalue weighted by atomic mass is 10.2. The molecule has 1 atom stereocenters. The Hall–Kier alpha value is -1.27. The molecule has 0 aliphatic carbocycles. The lowest BCUT2D eigenvalue weighted by Crippen LogP contribution is -2.40. The van der Waals surface area contributed by atoms with Crippen LogP contribution >= 0.6 is 15.9 Å². The van der Waals surface area contributed by atoms with Crippen LogP contribution in [0.25, 0.3) is 0 Å². The summed E-state index contributed by atoms with van der Waals surface area (Å²) in [6.07, 6.45) is -0.536. The Morgan fingerprint density at radius 1 is 1.58 bits per heavy atom. The standard InChI is InChI=1S/C13H19BrN2O3/c1-9(17)8-16(2)13(18)15-7-10-4-5-12(19-3)11(14)6-10/h4-6,9,17H,7-8H2,1-3H3,(H,15,18). The van der Waals surface area contributed by atoms with Crippen LogP contribution in [0.3, 0.4) is 0 Å². The minimum atomic E-state index is -0.536. The average molecular weight is 331 g/mol. The number of halogens is 1. The summed E-state index contributed by atoms with van der Waals surface area (Å²) in [5.74, 6) is 0.751. The Morgan fingerprint density at radius 2 is 2.26 bits per heavy atom. The van der Waals surface area contributed by atoms with Gasteiger partial charge in [-0.2, -0.15) is 0 Å². The van der Waals surface area contributed by atoms with Gasteiger partial charge in [0.2, 0.25) is 0 Å². The van der Waals surface area contributed by atoms with E-state index in [1.54, 1.807) is 21.1 Å². The molecular formula is C13H19BrN2O3. The van der Waals surface area contributed by atoms with E-state index in [0.29, 0.717) is 13.1 Å². The number of aliphatic hydroxyl groups excluding tert-OH is 1. The average Bonchev–Trinajstić information content (AvgIpc) is 2.35. The molecule has 19 heavy (non-hydrogen) atoms. The van der Waals surface area contributed by atoms with Crippen molar-refractivity contribution in [1.82, 2.24) is 10.2 Å². The number of carbonyl (C=O) groups is 1. The molecule has 0 radical (unpaired) electrons. The van der Waals surface area contributed by atoms with E-state index >= 15 is 0 Å². The van der Waals surface area contributed by atoms with E-state index in [1.807, 2.05) is 18.2 Å². The number of nitrogens with one attached hydrogen (secondary N) is 1. The molecule has 0 bridgehead atoms. The van der Waals surface area contributed by atoms with Crippen molar-refractivity contribution in [2.75, 3.05) is 20.7 Å². The Balaban J connectivity index is 2.52. The second-order valence-electron chi connectivity index (χ2n) is 4.36. The van der Waals surface area contributed by atoms with E-state index in [2.05, 4.69) is 21.2 Å². The number of ether oxygens (including phenoxy) is 1. The molecule has 1 rings (SSSR count). The summed E-state index contributed by atoms with van der Waals surface area (Å²) in [5.41, 5.74) is 0.964. The fourth-order valence-electron chi connectivity index (χ4n) is 1.61. The summed E-state index contributed by atoms with van der Waals surface area (Å²) in [4.78, 5) is 13.2. The smallest absolute Gasteiger partial charge is 0.317 e. The molecule has 2 N–H and O–H groups in total. The maximum Gasteiger partial charge on any atom is 0.317 e. The monoisotopic (exact) mass is 330 g/mol. The molecule has 1 aromatic rings. The molecule has 0 spiro atoms. The summed E-state index contributed by atoms with van der Waals surface area (Å²) in [5, 5.41) is 12.0. The summed E-state index contributed by atoms with van der Waals surface area (Å²) < 4.78 is 5.98. The van der Waals surface area contributed by atoms with Crippen molar-refractivity contribution >= 4 is 22.0 Å². The fraction of sp³-hybridized carbons (Fsp3) is 0.462. The molecule has 106 valence electrons. The summed E-state index contributed by atoms with van der Waals surface area (Å²) >= 11 is 3.39. The second-order valence-corrected chi connectivity index (χ2v) is 5.21. The van der Waals surface area contributed by atoms with E-state index in [4.69, 9.17) is 4.74 Å². The third-order valence-electron chi connectivity index (χ3n) is 2.54. The summed E-state index contributed by atoms with van der Waals surface area (Å²) in [6.45, 7) is 2.37. The van der Waals surface area contributed by atoms with E-state index < -0.39 is 6.10 Å². The first-order valence-corrected chi connectivity index (χ1v) is 6.72. The van der Waals surface area contributed by atoms with Crippen molar-refractivity contribution in [3.8, 4) is 5.75 Å². The fourth-order valence-corrected chi connectivity index (χ4v) is 2.20. The van der Waals surface area contributed by atoms with Gasteiger partial charge in [0.05, 0.1) is 17.7 Å². The van der Waals surface area contributed by atoms with Gasteiger partial charge >= 0.3 is 6.03 Å². The molecule has 0 aliphatic heterocycles. The molecule has 0 fully saturated rings. The lowest BCUT2D eigenvalue weighted by molar-refractivity contribution is 0.143. The van der Waals surface area contributed by atoms with Gasteiger partial charge in [-0.15, -0.1) is 0 Å². The summed E-state index contributed by atoms with van der Waals surface area (Å²) in [7, 11) is 3.25. The number of rotatable bonds is 5. The molecule has 0 heterocycles. The predicted molar refractivity (Wildman–Crippen MR) is 77.2 cm³/mol. The first-order chi connectivity index (χ1) is 8.93. The topological polar surface area (TPSA) is 61.8 Å². The van der Waals surface area contributed by atoms with Gasteiger partial charge < -0.3 is 20.1 Å². The zero-order chi connectivity index (χ0) is 14.4. The number of hydrogen-bond acceptors (Lipinski definition) is 3. The Morgan fingerprint density at radius 3 is 2.79 bits per heavy atom. The second kappa shape index (κ2) is 7.35. The van der Waals surface area contributed by atoms with Crippen LogP contribution in [-0.2, 0) is 6.54 Å². The van der Waals surface area contributed by atoms with Crippen LogP contribution in [-0.4, -0.2) is 42.8 Å². The predicted octanol–water partition coefficient (Wildman–Crippen LogP) is 1.98. The Kier molecular flexibility index (Phi) is 6.11.